The van der Waals surface area contributed by atoms with Crippen molar-refractivity contribution in [2.24, 2.45) is 13.0 Å². The molecule has 1 spiro atoms. The van der Waals surface area contributed by atoms with Crippen LogP contribution in [0.3, 0.4) is 0 Å². The maximum Gasteiger partial charge on any atom is 0.232 e. The van der Waals surface area contributed by atoms with Gasteiger partial charge in [-0.3, -0.25) is 9.48 Å². The predicted octanol–water partition coefficient (Wildman–Crippen LogP) is 2.75. The molecule has 2 fully saturated rings. The second kappa shape index (κ2) is 6.60. The Hall–Kier alpha value is -1.92. The summed E-state index contributed by atoms with van der Waals surface area (Å²) in [6.07, 6.45) is 6.89. The molecule has 1 amide bonds. The molecule has 3 heterocycles. The molecule has 7 heteroatoms. The third kappa shape index (κ3) is 2.69. The highest BCUT2D eigenvalue weighted by atomic mass is 35.5. The smallest absolute Gasteiger partial charge is 0.232 e. The molecule has 5 rings (SSSR count). The SMILES string of the molecule is Cl.Cn1cc([C@H]2CNC[C@@H]2C(=O)N2CC3(CCC3)c3c(F)cccc32)cn1. The minimum atomic E-state index is -0.161. The summed E-state index contributed by atoms with van der Waals surface area (Å²) in [6.45, 7) is 2.06. The first kappa shape index (κ1) is 18.4. The maximum atomic E-state index is 14.6. The fourth-order valence-electron chi connectivity index (χ4n) is 5.06. The van der Waals surface area contributed by atoms with Crippen molar-refractivity contribution in [3.63, 3.8) is 0 Å². The number of hydrogen-bond donors (Lipinski definition) is 1. The van der Waals surface area contributed by atoms with Gasteiger partial charge in [0.1, 0.15) is 5.82 Å². The summed E-state index contributed by atoms with van der Waals surface area (Å²) >= 11 is 0. The van der Waals surface area contributed by atoms with Gasteiger partial charge in [-0.1, -0.05) is 12.5 Å². The number of carbonyl (C=O) groups excluding carboxylic acids is 1. The van der Waals surface area contributed by atoms with Crippen molar-refractivity contribution in [3.8, 4) is 0 Å². The molecule has 27 heavy (non-hydrogen) atoms. The Bertz CT molecular complexity index is 879. The number of anilines is 1. The van der Waals surface area contributed by atoms with Crippen LogP contribution in [0.4, 0.5) is 10.1 Å². The third-order valence-corrected chi connectivity index (χ3v) is 6.53. The summed E-state index contributed by atoms with van der Waals surface area (Å²) in [5, 5.41) is 7.62. The zero-order valence-corrected chi connectivity index (χ0v) is 16.1. The minimum Gasteiger partial charge on any atom is -0.315 e. The average molecular weight is 391 g/mol. The molecule has 1 aromatic carbocycles. The van der Waals surface area contributed by atoms with E-state index >= 15 is 0 Å². The highest BCUT2D eigenvalue weighted by Crippen LogP contribution is 2.54. The van der Waals surface area contributed by atoms with Crippen molar-refractivity contribution in [2.75, 3.05) is 24.5 Å². The van der Waals surface area contributed by atoms with Crippen LogP contribution in [0.25, 0.3) is 0 Å². The monoisotopic (exact) mass is 390 g/mol. The van der Waals surface area contributed by atoms with Crippen molar-refractivity contribution in [2.45, 2.75) is 30.6 Å². The molecule has 2 aromatic rings. The molecule has 0 unspecified atom stereocenters. The first-order valence-electron chi connectivity index (χ1n) is 9.39. The van der Waals surface area contributed by atoms with Gasteiger partial charge in [0.2, 0.25) is 5.91 Å². The van der Waals surface area contributed by atoms with Gasteiger partial charge in [-0.05, 0) is 30.5 Å². The van der Waals surface area contributed by atoms with E-state index in [1.54, 1.807) is 10.7 Å². The van der Waals surface area contributed by atoms with Crippen molar-refractivity contribution in [1.29, 1.82) is 0 Å². The minimum absolute atomic E-state index is 0. The van der Waals surface area contributed by atoms with E-state index < -0.39 is 0 Å². The van der Waals surface area contributed by atoms with E-state index in [0.717, 1.165) is 42.6 Å². The van der Waals surface area contributed by atoms with E-state index in [1.165, 1.54) is 6.07 Å². The van der Waals surface area contributed by atoms with Crippen LogP contribution in [0.2, 0.25) is 0 Å². The highest BCUT2D eigenvalue weighted by Gasteiger charge is 2.51. The fraction of sp³-hybridized carbons (Fsp3) is 0.500. The number of halogens is 2. The van der Waals surface area contributed by atoms with Crippen LogP contribution >= 0.6 is 12.4 Å². The zero-order valence-electron chi connectivity index (χ0n) is 15.3. The summed E-state index contributed by atoms with van der Waals surface area (Å²) in [5.74, 6) is -0.0676. The number of nitrogens with one attached hydrogen (secondary N) is 1. The summed E-state index contributed by atoms with van der Waals surface area (Å²) in [4.78, 5) is 15.3. The molecule has 144 valence electrons. The number of fused-ring (bicyclic) bond motifs is 2. The number of aryl methyl sites for hydroxylation is 1. The van der Waals surface area contributed by atoms with Crippen molar-refractivity contribution >= 4 is 24.0 Å². The topological polar surface area (TPSA) is 50.2 Å². The van der Waals surface area contributed by atoms with Crippen LogP contribution in [0, 0.1) is 11.7 Å². The molecule has 2 atom stereocenters. The van der Waals surface area contributed by atoms with E-state index in [1.807, 2.05) is 30.4 Å². The first-order chi connectivity index (χ1) is 12.6. The Morgan fingerprint density at radius 1 is 1.33 bits per heavy atom. The molecule has 2 aliphatic heterocycles. The lowest BCUT2D eigenvalue weighted by molar-refractivity contribution is -0.122. The fourth-order valence-corrected chi connectivity index (χ4v) is 5.06. The number of carbonyl (C=O) groups is 1. The van der Waals surface area contributed by atoms with Gasteiger partial charge in [0, 0.05) is 49.8 Å². The van der Waals surface area contributed by atoms with Gasteiger partial charge in [0.15, 0.2) is 0 Å². The van der Waals surface area contributed by atoms with Crippen molar-refractivity contribution in [3.05, 3.63) is 47.5 Å². The molecular weight excluding hydrogens is 367 g/mol. The van der Waals surface area contributed by atoms with Gasteiger partial charge < -0.3 is 10.2 Å². The summed E-state index contributed by atoms with van der Waals surface area (Å²) in [7, 11) is 1.89. The van der Waals surface area contributed by atoms with Gasteiger partial charge in [-0.2, -0.15) is 5.10 Å². The van der Waals surface area contributed by atoms with Crippen molar-refractivity contribution < 1.29 is 9.18 Å². The third-order valence-electron chi connectivity index (χ3n) is 6.53. The number of aromatic nitrogens is 2. The lowest BCUT2D eigenvalue weighted by Gasteiger charge is -2.39. The average Bonchev–Trinajstić information content (AvgIpc) is 3.29. The second-order valence-electron chi connectivity index (χ2n) is 8.01. The number of rotatable bonds is 2. The van der Waals surface area contributed by atoms with Crippen molar-refractivity contribution in [1.82, 2.24) is 15.1 Å². The van der Waals surface area contributed by atoms with E-state index in [0.29, 0.717) is 13.1 Å². The predicted molar refractivity (Wildman–Crippen MR) is 104 cm³/mol. The van der Waals surface area contributed by atoms with Crippen LogP contribution < -0.4 is 10.2 Å². The molecular formula is C20H24ClFN4O. The molecule has 1 saturated carbocycles. The number of benzene rings is 1. The van der Waals surface area contributed by atoms with E-state index in [-0.39, 0.29) is 41.4 Å². The quantitative estimate of drug-likeness (QED) is 0.857. The van der Waals surface area contributed by atoms with Gasteiger partial charge >= 0.3 is 0 Å². The molecule has 3 aliphatic rings. The van der Waals surface area contributed by atoms with E-state index in [9.17, 15) is 9.18 Å². The zero-order chi connectivity index (χ0) is 17.9. The largest absolute Gasteiger partial charge is 0.315 e. The molecule has 1 N–H and O–H groups in total. The molecule has 1 aromatic heterocycles. The summed E-state index contributed by atoms with van der Waals surface area (Å²) in [5.41, 5.74) is 2.48. The number of amides is 1. The Balaban J connectivity index is 0.00000180. The van der Waals surface area contributed by atoms with Gasteiger partial charge in [0.25, 0.3) is 0 Å². The van der Waals surface area contributed by atoms with Crippen LogP contribution in [-0.4, -0.2) is 35.3 Å². The summed E-state index contributed by atoms with van der Waals surface area (Å²) < 4.78 is 16.4. The second-order valence-corrected chi connectivity index (χ2v) is 8.01. The maximum absolute atomic E-state index is 14.6. The number of nitrogens with zero attached hydrogens (tertiary/aromatic N) is 3. The van der Waals surface area contributed by atoms with Crippen LogP contribution in [0.15, 0.2) is 30.6 Å². The molecule has 0 radical (unpaired) electrons. The first-order valence-corrected chi connectivity index (χ1v) is 9.39. The van der Waals surface area contributed by atoms with E-state index in [4.69, 9.17) is 0 Å². The van der Waals surface area contributed by atoms with Crippen LogP contribution in [0.5, 0.6) is 0 Å². The van der Waals surface area contributed by atoms with Crippen LogP contribution in [0.1, 0.15) is 36.3 Å². The Labute approximate surface area is 164 Å². The molecule has 5 nitrogen and oxygen atoms in total. The van der Waals surface area contributed by atoms with Gasteiger partial charge in [0.05, 0.1) is 17.8 Å². The van der Waals surface area contributed by atoms with Crippen LogP contribution in [-0.2, 0) is 17.3 Å². The molecule has 0 bridgehead atoms. The highest BCUT2D eigenvalue weighted by molar-refractivity contribution is 5.99. The normalized spacial score (nSPS) is 25.2. The number of hydrogen-bond acceptors (Lipinski definition) is 3. The molecule has 1 saturated heterocycles. The lowest BCUT2D eigenvalue weighted by atomic mass is 9.65. The lowest BCUT2D eigenvalue weighted by Crippen LogP contribution is -2.44. The van der Waals surface area contributed by atoms with E-state index in [2.05, 4.69) is 10.4 Å². The summed E-state index contributed by atoms with van der Waals surface area (Å²) in [6, 6.07) is 5.16. The Morgan fingerprint density at radius 2 is 2.15 bits per heavy atom. The molecule has 1 aliphatic carbocycles. The Kier molecular flexibility index (Phi) is 4.51. The van der Waals surface area contributed by atoms with Gasteiger partial charge in [-0.25, -0.2) is 4.39 Å². The standard InChI is InChI=1S/C20H23FN4O.ClH/c1-24-11-13(8-23-24)14-9-22-10-15(14)19(26)25-12-20(6-3-7-20)18-16(21)4-2-5-17(18)25;/h2,4-5,8,11,14-15,22H,3,6-7,9-10,12H2,1H3;1H/t14-,15+;/m1./s1. The van der Waals surface area contributed by atoms with Gasteiger partial charge in [-0.15, -0.1) is 12.4 Å². The Morgan fingerprint density at radius 3 is 2.81 bits per heavy atom.